The molecule has 0 unspecified atom stereocenters. The van der Waals surface area contributed by atoms with Crippen LogP contribution < -0.4 is 10.1 Å². The molecule has 0 bridgehead atoms. The third-order valence-electron chi connectivity index (χ3n) is 5.55. The lowest BCUT2D eigenvalue weighted by Gasteiger charge is -2.17. The number of nitrogens with one attached hydrogen (secondary N) is 1. The van der Waals surface area contributed by atoms with Crippen molar-refractivity contribution in [3.05, 3.63) is 46.8 Å². The van der Waals surface area contributed by atoms with Crippen LogP contribution in [0, 0.1) is 19.8 Å². The lowest BCUT2D eigenvalue weighted by molar-refractivity contribution is -0.124. The fourth-order valence-corrected chi connectivity index (χ4v) is 3.75. The molecule has 2 aromatic heterocycles. The Morgan fingerprint density at radius 1 is 1.17 bits per heavy atom. The molecule has 1 aromatic carbocycles. The zero-order valence-electron chi connectivity index (χ0n) is 21.0. The minimum atomic E-state index is -0.905. The number of aryl methyl sites for hydroxylation is 3. The molecule has 0 aliphatic heterocycles. The lowest BCUT2D eigenvalue weighted by Crippen LogP contribution is -2.36. The van der Waals surface area contributed by atoms with E-state index in [1.807, 2.05) is 39.0 Å². The Hall–Kier alpha value is -3.30. The predicted molar refractivity (Wildman–Crippen MR) is 132 cm³/mol. The van der Waals surface area contributed by atoms with Crippen molar-refractivity contribution >= 4 is 5.91 Å². The van der Waals surface area contributed by atoms with Crippen LogP contribution in [0.3, 0.4) is 0 Å². The maximum absolute atomic E-state index is 11.1. The summed E-state index contributed by atoms with van der Waals surface area (Å²) in [5.41, 5.74) is 5.56. The first-order valence-electron chi connectivity index (χ1n) is 11.8. The summed E-state index contributed by atoms with van der Waals surface area (Å²) in [6.07, 6.45) is 2.49. The quantitative estimate of drug-likeness (QED) is 0.380. The van der Waals surface area contributed by atoms with Crippen LogP contribution in [0.2, 0.25) is 0 Å². The highest BCUT2D eigenvalue weighted by Gasteiger charge is 2.17. The Kier molecular flexibility index (Phi) is 8.95. The first-order chi connectivity index (χ1) is 16.7. The molecule has 0 radical (unpaired) electrons. The van der Waals surface area contributed by atoms with Gasteiger partial charge in [0.15, 0.2) is 0 Å². The minimum Gasteiger partial charge on any atom is -0.490 e. The van der Waals surface area contributed by atoms with E-state index in [0.29, 0.717) is 29.8 Å². The molecule has 2 heterocycles. The van der Waals surface area contributed by atoms with Crippen LogP contribution in [0.4, 0.5) is 0 Å². The predicted octanol–water partition coefficient (Wildman–Crippen LogP) is 3.02. The molecule has 0 aliphatic carbocycles. The molecule has 0 fully saturated rings. The van der Waals surface area contributed by atoms with Gasteiger partial charge in [-0.1, -0.05) is 25.9 Å². The molecule has 0 saturated heterocycles. The third-order valence-corrected chi connectivity index (χ3v) is 5.55. The molecule has 0 spiro atoms. The summed E-state index contributed by atoms with van der Waals surface area (Å²) in [4.78, 5) is 20.3. The largest absolute Gasteiger partial charge is 0.490 e. The summed E-state index contributed by atoms with van der Waals surface area (Å²) in [7, 11) is 0. The van der Waals surface area contributed by atoms with E-state index in [0.717, 1.165) is 39.9 Å². The summed E-state index contributed by atoms with van der Waals surface area (Å²) < 4.78 is 11.4. The van der Waals surface area contributed by atoms with Crippen molar-refractivity contribution in [2.45, 2.75) is 53.6 Å². The van der Waals surface area contributed by atoms with Gasteiger partial charge in [0.25, 0.3) is 5.89 Å². The van der Waals surface area contributed by atoms with Gasteiger partial charge in [0.1, 0.15) is 25.1 Å². The molecule has 3 aromatic rings. The Morgan fingerprint density at radius 2 is 1.91 bits per heavy atom. The van der Waals surface area contributed by atoms with Crippen LogP contribution in [-0.4, -0.2) is 57.1 Å². The van der Waals surface area contributed by atoms with Gasteiger partial charge in [-0.05, 0) is 67.5 Å². The first-order valence-corrected chi connectivity index (χ1v) is 11.8. The number of benzene rings is 1. The number of hydrogen-bond donors (Lipinski definition) is 3. The molecule has 0 aliphatic rings. The van der Waals surface area contributed by atoms with Gasteiger partial charge in [0, 0.05) is 24.0 Å². The number of pyridine rings is 1. The van der Waals surface area contributed by atoms with E-state index in [-0.39, 0.29) is 13.2 Å². The lowest BCUT2D eigenvalue weighted by atomic mass is 10.0. The Balaban J connectivity index is 1.76. The van der Waals surface area contributed by atoms with Crippen LogP contribution in [0.1, 0.15) is 43.2 Å². The zero-order valence-corrected chi connectivity index (χ0v) is 21.0. The summed E-state index contributed by atoms with van der Waals surface area (Å²) in [6, 6.07) is 5.89. The van der Waals surface area contributed by atoms with Crippen molar-refractivity contribution < 1.29 is 24.3 Å². The van der Waals surface area contributed by atoms with Crippen molar-refractivity contribution in [3.8, 4) is 28.6 Å². The van der Waals surface area contributed by atoms with E-state index in [1.54, 1.807) is 6.20 Å². The van der Waals surface area contributed by atoms with Crippen molar-refractivity contribution in [2.24, 2.45) is 5.92 Å². The SMILES string of the molecule is CCc1cc(-c2noc(-c3cnc(CC(C)C)c(C)c3)n2)cc(C)c1OC[C@@H](O)CNC(=O)CO. The molecule has 35 heavy (non-hydrogen) atoms. The summed E-state index contributed by atoms with van der Waals surface area (Å²) in [6.45, 7) is 9.69. The highest BCUT2D eigenvalue weighted by Crippen LogP contribution is 2.31. The molecule has 3 N–H and O–H groups in total. The summed E-state index contributed by atoms with van der Waals surface area (Å²) >= 11 is 0. The van der Waals surface area contributed by atoms with Gasteiger partial charge in [-0.15, -0.1) is 0 Å². The number of ether oxygens (including phenoxy) is 1. The maximum atomic E-state index is 11.1. The van der Waals surface area contributed by atoms with Crippen molar-refractivity contribution in [2.75, 3.05) is 19.8 Å². The molecular weight excluding hydrogens is 448 g/mol. The minimum absolute atomic E-state index is 0.00357. The van der Waals surface area contributed by atoms with Gasteiger partial charge < -0.3 is 24.8 Å². The van der Waals surface area contributed by atoms with E-state index in [1.165, 1.54) is 0 Å². The smallest absolute Gasteiger partial charge is 0.259 e. The number of amides is 1. The number of aromatic nitrogens is 3. The number of rotatable bonds is 11. The van der Waals surface area contributed by atoms with Crippen molar-refractivity contribution in [3.63, 3.8) is 0 Å². The summed E-state index contributed by atoms with van der Waals surface area (Å²) in [5, 5.41) is 25.4. The van der Waals surface area contributed by atoms with Gasteiger partial charge >= 0.3 is 0 Å². The Labute approximate surface area is 205 Å². The van der Waals surface area contributed by atoms with Crippen LogP contribution in [0.25, 0.3) is 22.8 Å². The molecule has 188 valence electrons. The van der Waals surface area contributed by atoms with Gasteiger partial charge in [0.05, 0.1) is 5.56 Å². The third kappa shape index (κ3) is 6.86. The standard InChI is InChI=1S/C26H34N4O5/c1-6-18-10-19(9-17(5)24(18)34-14-21(32)12-28-23(33)13-31)25-29-26(35-30-25)20-8-16(4)22(27-11-20)7-15(2)3/h8-11,15,21,31-32H,6-7,12-14H2,1-5H3,(H,28,33)/t21-/m0/s1. The van der Waals surface area contributed by atoms with Crippen LogP contribution in [0.5, 0.6) is 5.75 Å². The first kappa shape index (κ1) is 26.3. The molecule has 0 saturated carbocycles. The van der Waals surface area contributed by atoms with Crippen LogP contribution in [0.15, 0.2) is 28.9 Å². The monoisotopic (exact) mass is 482 g/mol. The molecule has 1 amide bonds. The Bertz CT molecular complexity index is 1160. The number of hydrogen-bond acceptors (Lipinski definition) is 8. The molecule has 9 heteroatoms. The molecule has 9 nitrogen and oxygen atoms in total. The average molecular weight is 483 g/mol. The maximum Gasteiger partial charge on any atom is 0.259 e. The van der Waals surface area contributed by atoms with E-state index >= 15 is 0 Å². The number of aliphatic hydroxyl groups excluding tert-OH is 2. The zero-order chi connectivity index (χ0) is 25.5. The fourth-order valence-electron chi connectivity index (χ4n) is 3.75. The topological polar surface area (TPSA) is 131 Å². The van der Waals surface area contributed by atoms with Gasteiger partial charge in [0.2, 0.25) is 11.7 Å². The number of aliphatic hydroxyl groups is 2. The summed E-state index contributed by atoms with van der Waals surface area (Å²) in [5.74, 6) is 1.54. The molecular formula is C26H34N4O5. The molecule has 3 rings (SSSR count). The number of nitrogens with zero attached hydrogens (tertiary/aromatic N) is 3. The van der Waals surface area contributed by atoms with Gasteiger partial charge in [-0.25, -0.2) is 0 Å². The van der Waals surface area contributed by atoms with Gasteiger partial charge in [-0.2, -0.15) is 4.98 Å². The van der Waals surface area contributed by atoms with Crippen LogP contribution in [-0.2, 0) is 17.6 Å². The fraction of sp³-hybridized carbons (Fsp3) is 0.462. The average Bonchev–Trinajstić information content (AvgIpc) is 3.32. The second-order valence-corrected chi connectivity index (χ2v) is 9.07. The second kappa shape index (κ2) is 11.9. The molecule has 1 atom stereocenters. The van der Waals surface area contributed by atoms with Crippen molar-refractivity contribution in [1.29, 1.82) is 0 Å². The van der Waals surface area contributed by atoms with Gasteiger partial charge in [-0.3, -0.25) is 9.78 Å². The Morgan fingerprint density at radius 3 is 2.57 bits per heavy atom. The van der Waals surface area contributed by atoms with Crippen molar-refractivity contribution in [1.82, 2.24) is 20.4 Å². The second-order valence-electron chi connectivity index (χ2n) is 9.07. The number of carbonyl (C=O) groups is 1. The van der Waals surface area contributed by atoms with E-state index in [4.69, 9.17) is 14.4 Å². The van der Waals surface area contributed by atoms with E-state index in [9.17, 15) is 9.90 Å². The highest BCUT2D eigenvalue weighted by molar-refractivity contribution is 5.76. The number of carbonyl (C=O) groups excluding carboxylic acids is 1. The van der Waals surface area contributed by atoms with E-state index < -0.39 is 18.6 Å². The highest BCUT2D eigenvalue weighted by atomic mass is 16.5. The van der Waals surface area contributed by atoms with Crippen LogP contribution >= 0.6 is 0 Å². The normalized spacial score (nSPS) is 12.1. The van der Waals surface area contributed by atoms with E-state index in [2.05, 4.69) is 34.3 Å².